The molecule has 2 rings (SSSR count). The number of carboxylic acids is 1. The fourth-order valence-electron chi connectivity index (χ4n) is 3.49. The molecule has 5 nitrogen and oxygen atoms in total. The van der Waals surface area contributed by atoms with E-state index in [4.69, 9.17) is 9.84 Å². The minimum absolute atomic E-state index is 0.215. The first-order valence-electron chi connectivity index (χ1n) is 7.21. The number of ether oxygens (including phenoxy) is 1. The number of carbonyl (C=O) groups is 2. The lowest BCUT2D eigenvalue weighted by atomic mass is 9.88. The van der Waals surface area contributed by atoms with Gasteiger partial charge in [0.2, 0.25) is 5.91 Å². The van der Waals surface area contributed by atoms with Gasteiger partial charge in [0.1, 0.15) is 0 Å². The van der Waals surface area contributed by atoms with Crippen molar-refractivity contribution in [1.82, 2.24) is 4.90 Å². The molecule has 2 bridgehead atoms. The van der Waals surface area contributed by atoms with Crippen molar-refractivity contribution in [3.63, 3.8) is 0 Å². The number of fused-ring (bicyclic) bond motifs is 2. The Bertz CT molecular complexity index is 349. The number of carboxylic acid groups (broad SMARTS) is 1. The highest BCUT2D eigenvalue weighted by Gasteiger charge is 2.43. The molecule has 2 fully saturated rings. The Kier molecular flexibility index (Phi) is 5.72. The van der Waals surface area contributed by atoms with E-state index in [1.807, 2.05) is 4.90 Å². The largest absolute Gasteiger partial charge is 0.481 e. The van der Waals surface area contributed by atoms with E-state index in [0.29, 0.717) is 12.4 Å². The Morgan fingerprint density at radius 2 is 1.95 bits per heavy atom. The summed E-state index contributed by atoms with van der Waals surface area (Å²) in [6.07, 6.45) is 4.04. The molecule has 2 aliphatic rings. The molecule has 2 saturated heterocycles. The van der Waals surface area contributed by atoms with Crippen LogP contribution >= 0.6 is 11.8 Å². The molecular weight excluding hydrogens is 278 g/mol. The summed E-state index contributed by atoms with van der Waals surface area (Å²) in [4.78, 5) is 25.2. The van der Waals surface area contributed by atoms with Gasteiger partial charge < -0.3 is 14.7 Å². The summed E-state index contributed by atoms with van der Waals surface area (Å²) in [5, 5.41) is 8.90. The van der Waals surface area contributed by atoms with Gasteiger partial charge in [-0.2, -0.15) is 0 Å². The first-order valence-corrected chi connectivity index (χ1v) is 8.37. The molecule has 20 heavy (non-hydrogen) atoms. The van der Waals surface area contributed by atoms with Crippen LogP contribution < -0.4 is 0 Å². The molecule has 0 aliphatic carbocycles. The molecule has 6 heteroatoms. The average molecular weight is 301 g/mol. The Labute approximate surface area is 124 Å². The maximum atomic E-state index is 12.3. The third kappa shape index (κ3) is 3.88. The van der Waals surface area contributed by atoms with Gasteiger partial charge in [-0.05, 0) is 31.6 Å². The molecule has 114 valence electrons. The number of hydrogen-bond donors (Lipinski definition) is 1. The monoisotopic (exact) mass is 301 g/mol. The van der Waals surface area contributed by atoms with Crippen LogP contribution in [0.4, 0.5) is 0 Å². The Balaban J connectivity index is 1.82. The van der Waals surface area contributed by atoms with Crippen molar-refractivity contribution in [3.05, 3.63) is 0 Å². The van der Waals surface area contributed by atoms with Crippen LogP contribution in [0.25, 0.3) is 0 Å². The van der Waals surface area contributed by atoms with Crippen LogP contribution in [0.15, 0.2) is 0 Å². The smallest absolute Gasteiger partial charge is 0.303 e. The van der Waals surface area contributed by atoms with Gasteiger partial charge in [0, 0.05) is 31.4 Å². The second-order valence-electron chi connectivity index (χ2n) is 5.67. The zero-order chi connectivity index (χ0) is 14.5. The highest BCUT2D eigenvalue weighted by Crippen LogP contribution is 2.40. The Morgan fingerprint density at radius 3 is 2.50 bits per heavy atom. The van der Waals surface area contributed by atoms with Gasteiger partial charge in [0.05, 0.1) is 12.4 Å². The second kappa shape index (κ2) is 7.31. The van der Waals surface area contributed by atoms with Gasteiger partial charge in [-0.25, -0.2) is 0 Å². The summed E-state index contributed by atoms with van der Waals surface area (Å²) in [6.45, 7) is 0.672. The molecule has 2 unspecified atom stereocenters. The Hall–Kier alpha value is -0.750. The topological polar surface area (TPSA) is 66.8 Å². The fraction of sp³-hybridized carbons (Fsp3) is 0.857. The fourth-order valence-corrected chi connectivity index (χ4v) is 4.24. The van der Waals surface area contributed by atoms with Gasteiger partial charge in [-0.1, -0.05) is 0 Å². The SMILES string of the molecule is COCCSCC(=O)N1C2CCC1CC(CC(=O)O)C2. The predicted molar refractivity (Wildman–Crippen MR) is 77.8 cm³/mol. The second-order valence-corrected chi connectivity index (χ2v) is 6.77. The molecule has 0 radical (unpaired) electrons. The van der Waals surface area contributed by atoms with Gasteiger partial charge in [0.15, 0.2) is 0 Å². The third-order valence-electron chi connectivity index (χ3n) is 4.24. The van der Waals surface area contributed by atoms with Crippen molar-refractivity contribution in [1.29, 1.82) is 0 Å². The average Bonchev–Trinajstić information content (AvgIpc) is 2.66. The molecule has 0 spiro atoms. The predicted octanol–water partition coefficient (Wildman–Crippen LogP) is 1.61. The minimum Gasteiger partial charge on any atom is -0.481 e. The molecule has 2 heterocycles. The van der Waals surface area contributed by atoms with Crippen molar-refractivity contribution >= 4 is 23.6 Å². The van der Waals surface area contributed by atoms with Gasteiger partial charge in [-0.15, -0.1) is 11.8 Å². The minimum atomic E-state index is -0.718. The van der Waals surface area contributed by atoms with Gasteiger partial charge in [-0.3, -0.25) is 9.59 Å². The number of nitrogens with zero attached hydrogens (tertiary/aromatic N) is 1. The normalized spacial score (nSPS) is 28.6. The zero-order valence-electron chi connectivity index (χ0n) is 11.9. The van der Waals surface area contributed by atoms with E-state index in [-0.39, 0.29) is 30.3 Å². The number of amides is 1. The van der Waals surface area contributed by atoms with E-state index in [2.05, 4.69) is 0 Å². The number of thioether (sulfide) groups is 1. The number of aliphatic carboxylic acids is 1. The molecule has 1 amide bonds. The summed E-state index contributed by atoms with van der Waals surface area (Å²) < 4.78 is 4.97. The van der Waals surface area contributed by atoms with E-state index in [1.54, 1.807) is 18.9 Å². The number of methoxy groups -OCH3 is 1. The van der Waals surface area contributed by atoms with Crippen LogP contribution in [-0.2, 0) is 14.3 Å². The van der Waals surface area contributed by atoms with Crippen molar-refractivity contribution in [3.8, 4) is 0 Å². The number of hydrogen-bond acceptors (Lipinski definition) is 4. The van der Waals surface area contributed by atoms with Crippen LogP contribution in [0.5, 0.6) is 0 Å². The van der Waals surface area contributed by atoms with Crippen LogP contribution in [-0.4, -0.2) is 59.2 Å². The Morgan fingerprint density at radius 1 is 1.30 bits per heavy atom. The third-order valence-corrected chi connectivity index (χ3v) is 5.15. The van der Waals surface area contributed by atoms with Crippen molar-refractivity contribution < 1.29 is 19.4 Å². The molecule has 0 aromatic carbocycles. The van der Waals surface area contributed by atoms with Crippen LogP contribution in [0.1, 0.15) is 32.1 Å². The molecule has 0 saturated carbocycles. The van der Waals surface area contributed by atoms with E-state index in [1.165, 1.54) is 0 Å². The van der Waals surface area contributed by atoms with E-state index >= 15 is 0 Å². The summed E-state index contributed by atoms with van der Waals surface area (Å²) in [5.74, 6) is 1.10. The quantitative estimate of drug-likeness (QED) is 0.724. The maximum Gasteiger partial charge on any atom is 0.303 e. The van der Waals surface area contributed by atoms with E-state index in [9.17, 15) is 9.59 Å². The lowest BCUT2D eigenvalue weighted by Crippen LogP contribution is -2.47. The standard InChI is InChI=1S/C14H23NO4S/c1-19-4-5-20-9-13(16)15-11-2-3-12(15)7-10(6-11)8-14(17)18/h10-12H,2-9H2,1H3,(H,17,18). The van der Waals surface area contributed by atoms with E-state index < -0.39 is 5.97 Å². The summed E-state index contributed by atoms with van der Waals surface area (Å²) in [7, 11) is 1.66. The number of piperidine rings is 1. The lowest BCUT2D eigenvalue weighted by molar-refractivity contribution is -0.139. The first-order chi connectivity index (χ1) is 9.61. The number of carbonyl (C=O) groups excluding carboxylic acids is 1. The molecule has 0 aromatic heterocycles. The lowest BCUT2D eigenvalue weighted by Gasteiger charge is -2.38. The van der Waals surface area contributed by atoms with Crippen molar-refractivity contribution in [2.75, 3.05) is 25.2 Å². The maximum absolute atomic E-state index is 12.3. The highest BCUT2D eigenvalue weighted by atomic mass is 32.2. The summed E-state index contributed by atoms with van der Waals surface area (Å²) >= 11 is 1.61. The molecule has 2 atom stereocenters. The number of rotatable bonds is 7. The zero-order valence-corrected chi connectivity index (χ0v) is 12.7. The van der Waals surface area contributed by atoms with Crippen LogP contribution in [0.3, 0.4) is 0 Å². The highest BCUT2D eigenvalue weighted by molar-refractivity contribution is 7.99. The summed E-state index contributed by atoms with van der Waals surface area (Å²) in [5.41, 5.74) is 0. The molecule has 0 aromatic rings. The van der Waals surface area contributed by atoms with Crippen molar-refractivity contribution in [2.45, 2.75) is 44.2 Å². The molecular formula is C14H23NO4S. The van der Waals surface area contributed by atoms with Crippen molar-refractivity contribution in [2.24, 2.45) is 5.92 Å². The van der Waals surface area contributed by atoms with Gasteiger partial charge >= 0.3 is 5.97 Å². The van der Waals surface area contributed by atoms with Crippen LogP contribution in [0, 0.1) is 5.92 Å². The van der Waals surface area contributed by atoms with Crippen LogP contribution in [0.2, 0.25) is 0 Å². The summed E-state index contributed by atoms with van der Waals surface area (Å²) in [6, 6.07) is 0.544. The molecule has 1 N–H and O–H groups in total. The first kappa shape index (κ1) is 15.6. The molecule has 2 aliphatic heterocycles. The van der Waals surface area contributed by atoms with Gasteiger partial charge in [0.25, 0.3) is 0 Å². The van der Waals surface area contributed by atoms with E-state index in [0.717, 1.165) is 31.4 Å².